The summed E-state index contributed by atoms with van der Waals surface area (Å²) in [5.74, 6) is -1.32. The van der Waals surface area contributed by atoms with E-state index in [0.29, 0.717) is 27.0 Å². The highest BCUT2D eigenvalue weighted by molar-refractivity contribution is 6.31. The summed E-state index contributed by atoms with van der Waals surface area (Å²) in [6.45, 7) is 13.3. The van der Waals surface area contributed by atoms with Gasteiger partial charge in [0.1, 0.15) is 5.60 Å². The van der Waals surface area contributed by atoms with Crippen LogP contribution in [0.3, 0.4) is 0 Å². The molecule has 0 spiro atoms. The van der Waals surface area contributed by atoms with Gasteiger partial charge in [0.15, 0.2) is 0 Å². The lowest BCUT2D eigenvalue weighted by Gasteiger charge is -2.21. The summed E-state index contributed by atoms with van der Waals surface area (Å²) >= 11 is 12.2. The summed E-state index contributed by atoms with van der Waals surface area (Å²) in [6.07, 6.45) is 3.44. The van der Waals surface area contributed by atoms with Gasteiger partial charge < -0.3 is 20.5 Å². The van der Waals surface area contributed by atoms with Crippen molar-refractivity contribution in [2.75, 3.05) is 10.6 Å². The van der Waals surface area contributed by atoms with Crippen LogP contribution >= 0.6 is 23.2 Å². The number of anilines is 4. The van der Waals surface area contributed by atoms with Gasteiger partial charge in [0.2, 0.25) is 0 Å². The SMILES string of the molecule is Cc1ccc(Nc2cnc(-c3cccc(Cl)c3)c(C)c2)c(C(=O)O)c1.Cc1ccc(Nc2cnc(-c3cccc(Cl)c3)c(C)c2)c(C(=O)OC(C)(C)C)c1. The predicted octanol–water partition coefficient (Wildman–Crippen LogP) is 12.2. The number of esters is 1. The van der Waals surface area contributed by atoms with Crippen LogP contribution in [0.2, 0.25) is 10.0 Å². The van der Waals surface area contributed by atoms with E-state index in [4.69, 9.17) is 27.9 Å². The topological polar surface area (TPSA) is 113 Å². The zero-order chi connectivity index (χ0) is 39.2. The number of pyridine rings is 2. The van der Waals surface area contributed by atoms with Crippen LogP contribution in [0.5, 0.6) is 0 Å². The molecule has 0 amide bonds. The normalized spacial score (nSPS) is 10.9. The van der Waals surface area contributed by atoms with Crippen molar-refractivity contribution < 1.29 is 19.4 Å². The van der Waals surface area contributed by atoms with Crippen LogP contribution in [0.4, 0.5) is 22.7 Å². The summed E-state index contributed by atoms with van der Waals surface area (Å²) in [5.41, 5.74) is 10.4. The van der Waals surface area contributed by atoms with E-state index < -0.39 is 11.6 Å². The Balaban J connectivity index is 0.000000210. The average molecular weight is 762 g/mol. The third-order valence-electron chi connectivity index (χ3n) is 8.11. The Morgan fingerprint density at radius 3 is 1.48 bits per heavy atom. The Hall–Kier alpha value is -5.70. The summed E-state index contributed by atoms with van der Waals surface area (Å²) in [5, 5.41) is 17.2. The fraction of sp³-hybridized carbons (Fsp3) is 0.182. The highest BCUT2D eigenvalue weighted by Gasteiger charge is 2.21. The molecule has 2 aromatic heterocycles. The number of carbonyl (C=O) groups is 2. The minimum atomic E-state index is -0.966. The molecule has 0 unspecified atom stereocenters. The number of nitrogens with one attached hydrogen (secondary N) is 2. The van der Waals surface area contributed by atoms with Crippen molar-refractivity contribution in [1.29, 1.82) is 0 Å². The summed E-state index contributed by atoms with van der Waals surface area (Å²) in [4.78, 5) is 33.2. The fourth-order valence-electron chi connectivity index (χ4n) is 5.69. The molecular weight excluding hydrogens is 719 g/mol. The minimum Gasteiger partial charge on any atom is -0.478 e. The van der Waals surface area contributed by atoms with E-state index >= 15 is 0 Å². The van der Waals surface area contributed by atoms with E-state index in [2.05, 4.69) is 20.6 Å². The Labute approximate surface area is 326 Å². The molecule has 0 aliphatic rings. The molecule has 3 N–H and O–H groups in total. The van der Waals surface area contributed by atoms with Crippen LogP contribution in [0.1, 0.15) is 63.7 Å². The number of benzene rings is 4. The van der Waals surface area contributed by atoms with Crippen molar-refractivity contribution in [3.8, 4) is 22.5 Å². The van der Waals surface area contributed by atoms with Crippen molar-refractivity contribution in [2.24, 2.45) is 0 Å². The van der Waals surface area contributed by atoms with E-state index in [1.54, 1.807) is 24.5 Å². The first-order valence-electron chi connectivity index (χ1n) is 17.2. The van der Waals surface area contributed by atoms with Gasteiger partial charge in [-0.15, -0.1) is 0 Å². The van der Waals surface area contributed by atoms with Crippen molar-refractivity contribution in [1.82, 2.24) is 9.97 Å². The number of aryl methyl sites for hydroxylation is 4. The van der Waals surface area contributed by atoms with E-state index in [9.17, 15) is 14.7 Å². The summed E-state index contributed by atoms with van der Waals surface area (Å²) in [6, 6.07) is 30.0. The first-order valence-corrected chi connectivity index (χ1v) is 18.0. The monoisotopic (exact) mass is 760 g/mol. The lowest BCUT2D eigenvalue weighted by molar-refractivity contribution is 0.00703. The Kier molecular flexibility index (Phi) is 12.4. The number of nitrogens with zero attached hydrogens (tertiary/aromatic N) is 2. The van der Waals surface area contributed by atoms with Crippen LogP contribution in [0.15, 0.2) is 109 Å². The second kappa shape index (κ2) is 17.0. The molecule has 54 heavy (non-hydrogen) atoms. The van der Waals surface area contributed by atoms with Gasteiger partial charge >= 0.3 is 11.9 Å². The highest BCUT2D eigenvalue weighted by Crippen LogP contribution is 2.30. The standard InChI is InChI=1S/C24H25ClN2O2.C20H17ClN2O2/c1-15-9-10-21(20(11-15)23(28)29-24(3,4)5)27-19-12-16(2)22(26-14-19)17-7-6-8-18(25)13-17;1-12-6-7-18(17(8-12)20(24)25)23-16-9-13(2)19(22-11-16)14-4-3-5-15(21)10-14/h6-14,27H,1-5H3;3-11,23H,1-2H3,(H,24,25). The number of rotatable bonds is 8. The number of carbonyl (C=O) groups excluding carboxylic acids is 1. The quantitative estimate of drug-likeness (QED) is 0.131. The smallest absolute Gasteiger partial charge is 0.340 e. The van der Waals surface area contributed by atoms with E-state index in [-0.39, 0.29) is 11.5 Å². The van der Waals surface area contributed by atoms with E-state index in [0.717, 1.165) is 56.1 Å². The Bertz CT molecular complexity index is 2340. The molecule has 4 aromatic carbocycles. The molecule has 8 nitrogen and oxygen atoms in total. The van der Waals surface area contributed by atoms with Crippen LogP contribution < -0.4 is 10.6 Å². The number of aromatic carboxylic acids is 1. The molecule has 0 bridgehead atoms. The largest absolute Gasteiger partial charge is 0.478 e. The van der Waals surface area contributed by atoms with Gasteiger partial charge in [0.25, 0.3) is 0 Å². The van der Waals surface area contributed by atoms with Crippen LogP contribution in [0.25, 0.3) is 22.5 Å². The van der Waals surface area contributed by atoms with E-state index in [1.807, 2.05) is 133 Å². The average Bonchev–Trinajstić information content (AvgIpc) is 3.09. The molecule has 0 saturated carbocycles. The highest BCUT2D eigenvalue weighted by atomic mass is 35.5. The van der Waals surface area contributed by atoms with Crippen LogP contribution in [-0.2, 0) is 4.74 Å². The second-order valence-corrected chi connectivity index (χ2v) is 14.8. The third kappa shape index (κ3) is 10.5. The van der Waals surface area contributed by atoms with Crippen molar-refractivity contribution >= 4 is 57.9 Å². The van der Waals surface area contributed by atoms with Gasteiger partial charge in [0.05, 0.1) is 57.7 Å². The van der Waals surface area contributed by atoms with Gasteiger partial charge in [-0.3, -0.25) is 9.97 Å². The van der Waals surface area contributed by atoms with E-state index in [1.165, 1.54) is 0 Å². The van der Waals surface area contributed by atoms with Crippen molar-refractivity contribution in [2.45, 2.75) is 54.1 Å². The van der Waals surface area contributed by atoms with Crippen LogP contribution in [-0.4, -0.2) is 32.6 Å². The molecule has 276 valence electrons. The molecule has 0 saturated heterocycles. The third-order valence-corrected chi connectivity index (χ3v) is 8.58. The molecule has 0 aliphatic heterocycles. The zero-order valence-corrected chi connectivity index (χ0v) is 32.7. The molecule has 0 fully saturated rings. The Morgan fingerprint density at radius 2 is 1.07 bits per heavy atom. The van der Waals surface area contributed by atoms with Gasteiger partial charge in [0, 0.05) is 21.2 Å². The molecule has 6 aromatic rings. The molecule has 0 aliphatic carbocycles. The first-order chi connectivity index (χ1) is 25.6. The molecular formula is C44H42Cl2N4O4. The maximum Gasteiger partial charge on any atom is 0.340 e. The fourth-order valence-corrected chi connectivity index (χ4v) is 6.07. The zero-order valence-electron chi connectivity index (χ0n) is 31.2. The number of carboxylic acid groups (broad SMARTS) is 1. The number of aromatic nitrogens is 2. The molecule has 10 heteroatoms. The predicted molar refractivity (Wildman–Crippen MR) is 220 cm³/mol. The minimum absolute atomic E-state index is 0.233. The van der Waals surface area contributed by atoms with Gasteiger partial charge in [-0.1, -0.05) is 70.7 Å². The number of halogens is 2. The first kappa shape index (κ1) is 39.5. The van der Waals surface area contributed by atoms with Gasteiger partial charge in [-0.2, -0.15) is 0 Å². The van der Waals surface area contributed by atoms with Gasteiger partial charge in [-0.25, -0.2) is 9.59 Å². The second-order valence-electron chi connectivity index (χ2n) is 14.0. The lowest BCUT2D eigenvalue weighted by Crippen LogP contribution is -2.24. The maximum absolute atomic E-state index is 12.7. The number of ether oxygens (including phenoxy) is 1. The maximum atomic E-state index is 12.7. The van der Waals surface area contributed by atoms with Crippen molar-refractivity contribution in [3.05, 3.63) is 153 Å². The number of carboxylic acids is 1. The van der Waals surface area contributed by atoms with Crippen molar-refractivity contribution in [3.63, 3.8) is 0 Å². The summed E-state index contributed by atoms with van der Waals surface area (Å²) in [7, 11) is 0. The summed E-state index contributed by atoms with van der Waals surface area (Å²) < 4.78 is 5.56. The van der Waals surface area contributed by atoms with Gasteiger partial charge in [-0.05, 0) is 120 Å². The number of hydrogen-bond donors (Lipinski definition) is 3. The lowest BCUT2D eigenvalue weighted by atomic mass is 10.1. The number of hydrogen-bond acceptors (Lipinski definition) is 7. The molecule has 0 radical (unpaired) electrons. The Morgan fingerprint density at radius 1 is 0.630 bits per heavy atom. The molecule has 6 rings (SSSR count). The molecule has 0 atom stereocenters. The van der Waals surface area contributed by atoms with Crippen LogP contribution in [0, 0.1) is 27.7 Å². The molecule has 2 heterocycles.